The number of anilines is 1. The minimum Gasteiger partial charge on any atom is -0.508 e. The molecule has 4 aliphatic heterocycles. The van der Waals surface area contributed by atoms with Gasteiger partial charge in [0, 0.05) is 67.2 Å². The van der Waals surface area contributed by atoms with Crippen LogP contribution in [0.3, 0.4) is 0 Å². The number of alkyl halides is 1. The van der Waals surface area contributed by atoms with E-state index in [9.17, 15) is 23.5 Å². The van der Waals surface area contributed by atoms with Crippen LogP contribution in [-0.2, 0) is 0 Å². The van der Waals surface area contributed by atoms with Crippen LogP contribution < -0.4 is 15.0 Å². The molecule has 2 aromatic carbocycles. The standard InChI is InChI=1S/C27H23F3N6O2.C7H12FN/c1-38-27-34-25-18(26(35-27)36-11-14(6-7-31)20-5-3-15(12-36)33-20)10-32-24(23(25)30)17-9-16(37)8-13-2-4-19(28)22(29)21(13)17;8-6-4-7-2-1-3-9(7)5-6/h2,4,8-10,14-15,20,33,37H,3,5-6,11-12H2,1H3;6-7H,1-5H2/t;6-,7?/m.1/s1. The van der Waals surface area contributed by atoms with Gasteiger partial charge in [0.2, 0.25) is 0 Å². The lowest BCUT2D eigenvalue weighted by Gasteiger charge is -2.29. The molecule has 0 radical (unpaired) electrons. The summed E-state index contributed by atoms with van der Waals surface area (Å²) in [5.41, 5.74) is -0.515. The lowest BCUT2D eigenvalue weighted by molar-refractivity contribution is 0.292. The predicted molar refractivity (Wildman–Crippen MR) is 168 cm³/mol. The molecule has 4 aromatic rings. The zero-order valence-electron chi connectivity index (χ0n) is 25.9. The molecule has 246 valence electrons. The van der Waals surface area contributed by atoms with Gasteiger partial charge in [-0.25, -0.2) is 17.6 Å². The SMILES string of the molecule is COc1nc(N2CC3CCC(N3)C(CC#N)C2)c2cnc(-c3cc(O)cc4ccc(F)c(F)c34)c(F)c2n1.F[C@@H]1CC2CCCN2C1. The van der Waals surface area contributed by atoms with Crippen molar-refractivity contribution in [1.82, 2.24) is 25.2 Å². The summed E-state index contributed by atoms with van der Waals surface area (Å²) >= 11 is 0. The van der Waals surface area contributed by atoms with Crippen LogP contribution in [0.25, 0.3) is 32.9 Å². The van der Waals surface area contributed by atoms with Crippen LogP contribution in [0.15, 0.2) is 30.5 Å². The molecule has 0 aliphatic carbocycles. The molecule has 9 nitrogen and oxygen atoms in total. The molecule has 2 aromatic heterocycles. The number of halogens is 4. The van der Waals surface area contributed by atoms with E-state index >= 15 is 4.39 Å². The molecular weight excluding hydrogens is 614 g/mol. The second-order valence-corrected chi connectivity index (χ2v) is 12.9. The van der Waals surface area contributed by atoms with Gasteiger partial charge in [0.05, 0.1) is 18.6 Å². The van der Waals surface area contributed by atoms with Gasteiger partial charge in [0.1, 0.15) is 28.9 Å². The first kappa shape index (κ1) is 31.3. The Hall–Kier alpha value is -4.28. The number of fused-ring (bicyclic) bond motifs is 5. The Morgan fingerprint density at radius 3 is 2.72 bits per heavy atom. The maximum atomic E-state index is 16.2. The number of aromatic hydroxyl groups is 1. The highest BCUT2D eigenvalue weighted by atomic mass is 19.2. The third-order valence-corrected chi connectivity index (χ3v) is 9.93. The van der Waals surface area contributed by atoms with Gasteiger partial charge in [-0.15, -0.1) is 0 Å². The summed E-state index contributed by atoms with van der Waals surface area (Å²) in [7, 11) is 1.37. The van der Waals surface area contributed by atoms with Crippen LogP contribution in [0.5, 0.6) is 11.8 Å². The highest BCUT2D eigenvalue weighted by molar-refractivity contribution is 6.00. The zero-order chi connectivity index (χ0) is 32.8. The molecule has 2 N–H and O–H groups in total. The van der Waals surface area contributed by atoms with Crippen LogP contribution in [0.2, 0.25) is 0 Å². The highest BCUT2D eigenvalue weighted by Crippen LogP contribution is 2.39. The largest absolute Gasteiger partial charge is 0.508 e. The van der Waals surface area contributed by atoms with Gasteiger partial charge in [-0.2, -0.15) is 15.2 Å². The maximum Gasteiger partial charge on any atom is 0.318 e. The molecule has 13 heteroatoms. The lowest BCUT2D eigenvalue weighted by atomic mass is 9.93. The summed E-state index contributed by atoms with van der Waals surface area (Å²) in [4.78, 5) is 17.3. The number of nitrogens with zero attached hydrogens (tertiary/aromatic N) is 6. The molecule has 0 spiro atoms. The fourth-order valence-electron chi connectivity index (χ4n) is 7.75. The number of aromatic nitrogens is 3. The second kappa shape index (κ2) is 12.7. The maximum absolute atomic E-state index is 16.2. The smallest absolute Gasteiger partial charge is 0.318 e. The Bertz CT molecular complexity index is 1860. The summed E-state index contributed by atoms with van der Waals surface area (Å²) in [6.45, 7) is 2.98. The molecule has 5 atom stereocenters. The number of hydrogen-bond donors (Lipinski definition) is 2. The van der Waals surface area contributed by atoms with E-state index < -0.39 is 23.6 Å². The van der Waals surface area contributed by atoms with Crippen LogP contribution in [0.1, 0.15) is 38.5 Å². The first-order valence-electron chi connectivity index (χ1n) is 16.0. The topological polar surface area (TPSA) is 110 Å². The van der Waals surface area contributed by atoms with Gasteiger partial charge in [-0.05, 0) is 62.2 Å². The summed E-state index contributed by atoms with van der Waals surface area (Å²) in [6.07, 6.45) is 6.52. The molecule has 4 saturated heterocycles. The number of phenols is 1. The quantitative estimate of drug-likeness (QED) is 0.272. The number of pyridine rings is 1. The number of nitrogens with one attached hydrogen (secondary N) is 1. The Balaban J connectivity index is 0.000000334. The summed E-state index contributed by atoms with van der Waals surface area (Å²) in [6, 6.07) is 7.87. The number of phenolic OH excluding ortho intramolecular Hbond substituents is 1. The van der Waals surface area contributed by atoms with E-state index in [1.165, 1.54) is 38.3 Å². The zero-order valence-corrected chi connectivity index (χ0v) is 25.9. The van der Waals surface area contributed by atoms with E-state index in [2.05, 4.69) is 31.2 Å². The third kappa shape index (κ3) is 5.89. The van der Waals surface area contributed by atoms with Crippen molar-refractivity contribution in [3.8, 4) is 29.1 Å². The lowest BCUT2D eigenvalue weighted by Crippen LogP contribution is -2.36. The van der Waals surface area contributed by atoms with E-state index in [4.69, 9.17) is 4.74 Å². The van der Waals surface area contributed by atoms with Gasteiger partial charge < -0.3 is 20.1 Å². The number of rotatable bonds is 4. The van der Waals surface area contributed by atoms with Gasteiger partial charge in [-0.3, -0.25) is 9.88 Å². The first-order chi connectivity index (χ1) is 22.7. The molecule has 4 aliphatic rings. The summed E-state index contributed by atoms with van der Waals surface area (Å²) < 4.78 is 63.0. The van der Waals surface area contributed by atoms with Crippen molar-refractivity contribution in [2.24, 2.45) is 5.92 Å². The fraction of sp³-hybridized carbons (Fsp3) is 0.471. The number of methoxy groups -OCH3 is 1. The monoisotopic (exact) mass is 649 g/mol. The highest BCUT2D eigenvalue weighted by Gasteiger charge is 2.37. The van der Waals surface area contributed by atoms with Gasteiger partial charge in [-0.1, -0.05) is 6.07 Å². The van der Waals surface area contributed by atoms with Crippen LogP contribution in [-0.4, -0.2) is 82.5 Å². The predicted octanol–water partition coefficient (Wildman–Crippen LogP) is 5.64. The number of hydrogen-bond acceptors (Lipinski definition) is 9. The molecule has 0 amide bonds. The van der Waals surface area contributed by atoms with Crippen molar-refractivity contribution >= 4 is 27.5 Å². The number of benzene rings is 2. The van der Waals surface area contributed by atoms with Gasteiger partial charge in [0.15, 0.2) is 17.5 Å². The minimum absolute atomic E-state index is 0.0529. The average molecular weight is 650 g/mol. The van der Waals surface area contributed by atoms with E-state index in [1.807, 2.05) is 4.90 Å². The van der Waals surface area contributed by atoms with Crippen LogP contribution in [0, 0.1) is 34.7 Å². The molecule has 47 heavy (non-hydrogen) atoms. The van der Waals surface area contributed by atoms with E-state index in [0.717, 1.165) is 37.9 Å². The van der Waals surface area contributed by atoms with Crippen molar-refractivity contribution < 1.29 is 27.4 Å². The van der Waals surface area contributed by atoms with Crippen molar-refractivity contribution in [3.05, 3.63) is 47.9 Å². The van der Waals surface area contributed by atoms with E-state index in [-0.39, 0.29) is 57.3 Å². The Morgan fingerprint density at radius 1 is 1.09 bits per heavy atom. The fourth-order valence-corrected chi connectivity index (χ4v) is 7.75. The second-order valence-electron chi connectivity index (χ2n) is 12.9. The van der Waals surface area contributed by atoms with E-state index in [1.54, 1.807) is 0 Å². The van der Waals surface area contributed by atoms with Crippen LogP contribution >= 0.6 is 0 Å². The van der Waals surface area contributed by atoms with Crippen molar-refractivity contribution in [3.63, 3.8) is 0 Å². The summed E-state index contributed by atoms with van der Waals surface area (Å²) in [5.74, 6) is -2.94. The molecule has 2 bridgehead atoms. The molecule has 8 rings (SSSR count). The molecule has 4 fully saturated rings. The van der Waals surface area contributed by atoms with Crippen molar-refractivity contribution in [2.75, 3.05) is 38.2 Å². The first-order valence-corrected chi connectivity index (χ1v) is 16.0. The Kier molecular flexibility index (Phi) is 8.48. The minimum atomic E-state index is -1.17. The molecule has 4 unspecified atom stereocenters. The van der Waals surface area contributed by atoms with Crippen molar-refractivity contribution in [2.45, 2.75) is 62.8 Å². The number of nitriles is 1. The normalized spacial score (nSPS) is 25.4. The van der Waals surface area contributed by atoms with Crippen LogP contribution in [0.4, 0.5) is 23.4 Å². The molecular formula is C34H35F4N7O2. The Labute approximate surface area is 269 Å². The average Bonchev–Trinajstić information content (AvgIpc) is 3.76. The Morgan fingerprint density at radius 2 is 1.94 bits per heavy atom. The molecule has 0 saturated carbocycles. The molecule has 6 heterocycles. The number of ether oxygens (including phenoxy) is 1. The summed E-state index contributed by atoms with van der Waals surface area (Å²) in [5, 5.41) is 23.5. The van der Waals surface area contributed by atoms with Crippen molar-refractivity contribution in [1.29, 1.82) is 5.26 Å². The third-order valence-electron chi connectivity index (χ3n) is 9.93. The van der Waals surface area contributed by atoms with Gasteiger partial charge >= 0.3 is 6.01 Å². The van der Waals surface area contributed by atoms with E-state index in [0.29, 0.717) is 43.3 Å². The van der Waals surface area contributed by atoms with Gasteiger partial charge in [0.25, 0.3) is 0 Å².